The highest BCUT2D eigenvalue weighted by Gasteiger charge is 2.28. The predicted molar refractivity (Wildman–Crippen MR) is 74.7 cm³/mol. The van der Waals surface area contributed by atoms with Gasteiger partial charge in [0.1, 0.15) is 0 Å². The molecule has 0 radical (unpaired) electrons. The fraction of sp³-hybridized carbons (Fsp3) is 0.429. The second-order valence-electron chi connectivity index (χ2n) is 5.29. The second-order valence-corrected chi connectivity index (χ2v) is 5.70. The average Bonchev–Trinajstić information content (AvgIpc) is 2.30. The first-order valence-electron chi connectivity index (χ1n) is 5.93. The number of halogens is 1. The molecule has 1 aromatic rings. The lowest BCUT2D eigenvalue weighted by Gasteiger charge is -2.19. The topological polar surface area (TPSA) is 66.4 Å². The normalized spacial score (nSPS) is 11.2. The number of benzene rings is 1. The molecule has 104 valence electrons. The van der Waals surface area contributed by atoms with E-state index in [1.165, 1.54) is 0 Å². The van der Waals surface area contributed by atoms with Crippen LogP contribution in [-0.4, -0.2) is 23.5 Å². The van der Waals surface area contributed by atoms with Gasteiger partial charge in [0.25, 0.3) is 5.91 Å². The second kappa shape index (κ2) is 5.61. The number of amides is 1. The number of carbonyl (C=O) groups is 2. The van der Waals surface area contributed by atoms with Crippen LogP contribution in [0.3, 0.4) is 0 Å². The summed E-state index contributed by atoms with van der Waals surface area (Å²) in [6.45, 7) is 6.96. The Hall–Kier alpha value is -1.55. The molecule has 0 unspecified atom stereocenters. The van der Waals surface area contributed by atoms with Crippen molar-refractivity contribution in [3.05, 3.63) is 33.8 Å². The predicted octanol–water partition coefficient (Wildman–Crippen LogP) is 2.80. The van der Waals surface area contributed by atoms with Gasteiger partial charge in [0, 0.05) is 6.54 Å². The van der Waals surface area contributed by atoms with Crippen molar-refractivity contribution in [2.75, 3.05) is 6.54 Å². The Morgan fingerprint density at radius 2 is 1.79 bits per heavy atom. The molecule has 0 atom stereocenters. The zero-order valence-electron chi connectivity index (χ0n) is 11.5. The molecule has 0 aliphatic carbocycles. The highest BCUT2D eigenvalue weighted by Crippen LogP contribution is 2.21. The zero-order valence-corrected chi connectivity index (χ0v) is 12.3. The minimum atomic E-state index is -1.01. The Morgan fingerprint density at radius 1 is 1.26 bits per heavy atom. The first-order valence-corrected chi connectivity index (χ1v) is 6.31. The summed E-state index contributed by atoms with van der Waals surface area (Å²) in [5.74, 6) is -1.32. The lowest BCUT2D eigenvalue weighted by atomic mass is 9.94. The molecule has 5 heteroatoms. The van der Waals surface area contributed by atoms with Crippen molar-refractivity contribution in [1.82, 2.24) is 5.32 Å². The number of carboxylic acids is 1. The van der Waals surface area contributed by atoms with E-state index in [-0.39, 0.29) is 12.5 Å². The van der Waals surface area contributed by atoms with Crippen molar-refractivity contribution in [2.45, 2.75) is 27.7 Å². The van der Waals surface area contributed by atoms with Crippen LogP contribution >= 0.6 is 11.6 Å². The molecule has 0 aliphatic heterocycles. The molecule has 19 heavy (non-hydrogen) atoms. The molecule has 0 heterocycles. The summed E-state index contributed by atoms with van der Waals surface area (Å²) in [7, 11) is 0. The van der Waals surface area contributed by atoms with Crippen LogP contribution in [-0.2, 0) is 4.79 Å². The number of hydrogen-bond acceptors (Lipinski definition) is 2. The van der Waals surface area contributed by atoms with Gasteiger partial charge in [-0.2, -0.15) is 0 Å². The quantitative estimate of drug-likeness (QED) is 0.893. The van der Waals surface area contributed by atoms with Gasteiger partial charge in [0.15, 0.2) is 0 Å². The lowest BCUT2D eigenvalue weighted by Crippen LogP contribution is -2.39. The molecule has 0 saturated heterocycles. The Bertz CT molecular complexity index is 524. The third-order valence-electron chi connectivity index (χ3n) is 3.10. The first-order chi connectivity index (χ1) is 8.65. The van der Waals surface area contributed by atoms with Crippen molar-refractivity contribution < 1.29 is 14.7 Å². The Kier molecular flexibility index (Phi) is 4.58. The number of nitrogens with one attached hydrogen (secondary N) is 1. The van der Waals surface area contributed by atoms with E-state index >= 15 is 0 Å². The fourth-order valence-corrected chi connectivity index (χ4v) is 1.73. The number of rotatable bonds is 4. The Labute approximate surface area is 117 Å². The van der Waals surface area contributed by atoms with Crippen LogP contribution in [0, 0.1) is 19.3 Å². The van der Waals surface area contributed by atoms with Gasteiger partial charge in [0.2, 0.25) is 0 Å². The summed E-state index contributed by atoms with van der Waals surface area (Å²) in [6, 6.07) is 3.44. The van der Waals surface area contributed by atoms with Gasteiger partial charge in [-0.1, -0.05) is 11.6 Å². The molecule has 1 rings (SSSR count). The van der Waals surface area contributed by atoms with Crippen molar-refractivity contribution in [3.63, 3.8) is 0 Å². The molecule has 4 nitrogen and oxygen atoms in total. The summed E-state index contributed by atoms with van der Waals surface area (Å²) in [6.07, 6.45) is 0. The van der Waals surface area contributed by atoms with Gasteiger partial charge in [-0.3, -0.25) is 9.59 Å². The van der Waals surface area contributed by atoms with Crippen LogP contribution < -0.4 is 5.32 Å². The Balaban J connectivity index is 2.86. The van der Waals surface area contributed by atoms with Crippen molar-refractivity contribution in [1.29, 1.82) is 0 Å². The minimum absolute atomic E-state index is 0.0461. The molecule has 0 aromatic heterocycles. The van der Waals surface area contributed by atoms with Gasteiger partial charge in [-0.15, -0.1) is 0 Å². The summed E-state index contributed by atoms with van der Waals surface area (Å²) < 4.78 is 0. The summed E-state index contributed by atoms with van der Waals surface area (Å²) in [4.78, 5) is 23.0. The summed E-state index contributed by atoms with van der Waals surface area (Å²) in [5, 5.41) is 12.0. The monoisotopic (exact) mass is 283 g/mol. The third-order valence-corrected chi connectivity index (χ3v) is 3.41. The molecular weight excluding hydrogens is 266 g/mol. The number of carboxylic acid groups (broad SMARTS) is 1. The van der Waals surface area contributed by atoms with Gasteiger partial charge in [0.05, 0.1) is 16.0 Å². The maximum Gasteiger partial charge on any atom is 0.310 e. The van der Waals surface area contributed by atoms with Gasteiger partial charge in [-0.25, -0.2) is 0 Å². The minimum Gasteiger partial charge on any atom is -0.481 e. The molecule has 0 spiro atoms. The molecule has 0 fully saturated rings. The number of hydrogen-bond donors (Lipinski definition) is 2. The third kappa shape index (κ3) is 3.70. The van der Waals surface area contributed by atoms with E-state index in [1.54, 1.807) is 26.0 Å². The standard InChI is InChI=1S/C14H18ClNO3/c1-8-5-10(11(15)6-9(8)2)12(17)16-7-14(3,4)13(18)19/h5-6H,7H2,1-4H3,(H,16,17)(H,18,19). The van der Waals surface area contributed by atoms with Crippen LogP contribution in [0.2, 0.25) is 5.02 Å². The van der Waals surface area contributed by atoms with E-state index in [9.17, 15) is 9.59 Å². The van der Waals surface area contributed by atoms with Crippen LogP contribution in [0.4, 0.5) is 0 Å². The van der Waals surface area contributed by atoms with Crippen LogP contribution in [0.1, 0.15) is 35.3 Å². The molecule has 0 aliphatic rings. The molecule has 2 N–H and O–H groups in total. The van der Waals surface area contributed by atoms with E-state index in [2.05, 4.69) is 5.32 Å². The summed E-state index contributed by atoms with van der Waals surface area (Å²) in [5.41, 5.74) is 1.33. The molecule has 1 aromatic carbocycles. The van der Waals surface area contributed by atoms with E-state index in [1.807, 2.05) is 13.8 Å². The first kappa shape index (κ1) is 15.5. The molecule has 0 bridgehead atoms. The fourth-order valence-electron chi connectivity index (χ4n) is 1.43. The van der Waals surface area contributed by atoms with Crippen LogP contribution in [0.15, 0.2) is 12.1 Å². The SMILES string of the molecule is Cc1cc(Cl)c(C(=O)NCC(C)(C)C(=O)O)cc1C. The van der Waals surface area contributed by atoms with E-state index in [0.717, 1.165) is 11.1 Å². The van der Waals surface area contributed by atoms with Gasteiger partial charge >= 0.3 is 5.97 Å². The number of carbonyl (C=O) groups excluding carboxylic acids is 1. The maximum absolute atomic E-state index is 12.0. The molecule has 0 saturated carbocycles. The molecule has 1 amide bonds. The highest BCUT2D eigenvalue weighted by molar-refractivity contribution is 6.34. The largest absolute Gasteiger partial charge is 0.481 e. The van der Waals surface area contributed by atoms with Crippen molar-refractivity contribution in [3.8, 4) is 0 Å². The van der Waals surface area contributed by atoms with Crippen molar-refractivity contribution >= 4 is 23.5 Å². The van der Waals surface area contributed by atoms with Crippen LogP contribution in [0.5, 0.6) is 0 Å². The number of aliphatic carboxylic acids is 1. The van der Waals surface area contributed by atoms with E-state index in [4.69, 9.17) is 16.7 Å². The van der Waals surface area contributed by atoms with Crippen LogP contribution in [0.25, 0.3) is 0 Å². The van der Waals surface area contributed by atoms with Crippen molar-refractivity contribution in [2.24, 2.45) is 5.41 Å². The highest BCUT2D eigenvalue weighted by atomic mass is 35.5. The average molecular weight is 284 g/mol. The lowest BCUT2D eigenvalue weighted by molar-refractivity contribution is -0.146. The Morgan fingerprint density at radius 3 is 2.32 bits per heavy atom. The number of aryl methyl sites for hydroxylation is 2. The molecular formula is C14H18ClNO3. The smallest absolute Gasteiger partial charge is 0.310 e. The van der Waals surface area contributed by atoms with Gasteiger partial charge < -0.3 is 10.4 Å². The van der Waals surface area contributed by atoms with E-state index < -0.39 is 11.4 Å². The maximum atomic E-state index is 12.0. The van der Waals surface area contributed by atoms with E-state index in [0.29, 0.717) is 10.6 Å². The van der Waals surface area contributed by atoms with Gasteiger partial charge in [-0.05, 0) is 51.0 Å². The summed E-state index contributed by atoms with van der Waals surface area (Å²) >= 11 is 6.03. The zero-order chi connectivity index (χ0) is 14.8.